The number of nitrogens with zero attached hydrogens (tertiary/aromatic N) is 2. The van der Waals surface area contributed by atoms with Crippen LogP contribution in [-0.2, 0) is 17.8 Å². The maximum Gasteiger partial charge on any atom is 0.128 e. The molecule has 1 aromatic heterocycles. The highest BCUT2D eigenvalue weighted by Gasteiger charge is 2.16. The van der Waals surface area contributed by atoms with Gasteiger partial charge in [0, 0.05) is 29.9 Å². The molecule has 2 aromatic rings. The van der Waals surface area contributed by atoms with Gasteiger partial charge in [0.05, 0.1) is 24.5 Å². The Morgan fingerprint density at radius 2 is 2.38 bits per heavy atom. The summed E-state index contributed by atoms with van der Waals surface area (Å²) in [5, 5.41) is 7.97. The van der Waals surface area contributed by atoms with E-state index < -0.39 is 0 Å². The smallest absolute Gasteiger partial charge is 0.128 e. The molecule has 0 bridgehead atoms. The number of hydrogen-bond donors (Lipinski definition) is 1. The zero-order chi connectivity index (χ0) is 14.7. The van der Waals surface area contributed by atoms with E-state index in [-0.39, 0.29) is 11.9 Å². The summed E-state index contributed by atoms with van der Waals surface area (Å²) < 4.78 is 21.0. The number of ether oxygens (including phenoxy) is 1. The van der Waals surface area contributed by atoms with Gasteiger partial charge in [0.15, 0.2) is 0 Å². The van der Waals surface area contributed by atoms with Gasteiger partial charge in [0.1, 0.15) is 5.82 Å². The van der Waals surface area contributed by atoms with Gasteiger partial charge in [-0.3, -0.25) is 4.68 Å². The van der Waals surface area contributed by atoms with Gasteiger partial charge in [0.25, 0.3) is 0 Å². The average molecular weight is 310 g/mol. The molecule has 0 spiro atoms. The van der Waals surface area contributed by atoms with Crippen LogP contribution in [0.5, 0.6) is 0 Å². The lowest BCUT2D eigenvalue weighted by Crippen LogP contribution is -2.15. The second-order valence-corrected chi connectivity index (χ2v) is 5.61. The molecule has 0 radical (unpaired) electrons. The normalized spacial score (nSPS) is 18.1. The Hall–Kier alpha value is -1.59. The van der Waals surface area contributed by atoms with Crippen molar-refractivity contribution in [1.82, 2.24) is 9.78 Å². The van der Waals surface area contributed by atoms with Crippen LogP contribution in [0.3, 0.4) is 0 Å². The number of hydrogen-bond acceptors (Lipinski definition) is 3. The number of anilines is 1. The Balaban J connectivity index is 1.58. The van der Waals surface area contributed by atoms with E-state index in [2.05, 4.69) is 10.4 Å². The Kier molecular flexibility index (Phi) is 4.41. The number of nitrogens with one attached hydrogen (secondary N) is 1. The molecule has 1 fully saturated rings. The van der Waals surface area contributed by atoms with Crippen molar-refractivity contribution in [2.45, 2.75) is 32.0 Å². The van der Waals surface area contributed by atoms with Crippen LogP contribution in [0.2, 0.25) is 5.02 Å². The van der Waals surface area contributed by atoms with Crippen LogP contribution >= 0.6 is 11.6 Å². The lowest BCUT2D eigenvalue weighted by molar-refractivity contribution is 0.0940. The molecule has 0 unspecified atom stereocenters. The van der Waals surface area contributed by atoms with E-state index in [1.165, 1.54) is 6.07 Å². The first-order valence-corrected chi connectivity index (χ1v) is 7.40. The summed E-state index contributed by atoms with van der Waals surface area (Å²) in [6.45, 7) is 1.97. The van der Waals surface area contributed by atoms with Crippen molar-refractivity contribution in [3.05, 3.63) is 47.0 Å². The Labute approximate surface area is 127 Å². The molecule has 0 aliphatic carbocycles. The minimum Gasteiger partial charge on any atom is -0.378 e. The van der Waals surface area contributed by atoms with E-state index >= 15 is 0 Å². The molecule has 1 aliphatic heterocycles. The van der Waals surface area contributed by atoms with Crippen molar-refractivity contribution in [1.29, 1.82) is 0 Å². The van der Waals surface area contributed by atoms with Crippen molar-refractivity contribution >= 4 is 17.3 Å². The monoisotopic (exact) mass is 309 g/mol. The molecular weight excluding hydrogens is 293 g/mol. The largest absolute Gasteiger partial charge is 0.378 e. The van der Waals surface area contributed by atoms with E-state index in [1.54, 1.807) is 18.3 Å². The van der Waals surface area contributed by atoms with Crippen molar-refractivity contribution in [2.75, 3.05) is 11.9 Å². The highest BCUT2D eigenvalue weighted by Crippen LogP contribution is 2.18. The summed E-state index contributed by atoms with van der Waals surface area (Å²) in [6.07, 6.45) is 6.09. The third-order valence-electron chi connectivity index (χ3n) is 3.54. The molecule has 0 amide bonds. The zero-order valence-corrected chi connectivity index (χ0v) is 12.3. The van der Waals surface area contributed by atoms with E-state index in [1.807, 2.05) is 10.9 Å². The third kappa shape index (κ3) is 3.74. The van der Waals surface area contributed by atoms with Crippen molar-refractivity contribution in [2.24, 2.45) is 0 Å². The quantitative estimate of drug-likeness (QED) is 0.919. The van der Waals surface area contributed by atoms with Gasteiger partial charge < -0.3 is 10.1 Å². The summed E-state index contributed by atoms with van der Waals surface area (Å²) >= 11 is 5.87. The Morgan fingerprint density at radius 3 is 3.19 bits per heavy atom. The lowest BCUT2D eigenvalue weighted by atomic mass is 10.2. The third-order valence-corrected chi connectivity index (χ3v) is 3.77. The molecule has 2 heterocycles. The molecule has 112 valence electrons. The highest BCUT2D eigenvalue weighted by atomic mass is 35.5. The average Bonchev–Trinajstić information content (AvgIpc) is 3.12. The van der Waals surface area contributed by atoms with E-state index in [0.29, 0.717) is 17.1 Å². The second-order valence-electron chi connectivity index (χ2n) is 5.18. The first-order chi connectivity index (χ1) is 10.2. The molecule has 1 saturated heterocycles. The highest BCUT2D eigenvalue weighted by molar-refractivity contribution is 6.30. The van der Waals surface area contributed by atoms with Crippen molar-refractivity contribution in [3.8, 4) is 0 Å². The van der Waals surface area contributed by atoms with Crippen LogP contribution in [0.1, 0.15) is 18.4 Å². The van der Waals surface area contributed by atoms with Crippen LogP contribution in [0.4, 0.5) is 10.1 Å². The van der Waals surface area contributed by atoms with E-state index in [9.17, 15) is 4.39 Å². The minimum absolute atomic E-state index is 0.253. The van der Waals surface area contributed by atoms with Gasteiger partial charge >= 0.3 is 0 Å². The minimum atomic E-state index is -0.265. The number of halogens is 2. The fraction of sp³-hybridized carbons (Fsp3) is 0.400. The number of rotatable bonds is 5. The van der Waals surface area contributed by atoms with E-state index in [4.69, 9.17) is 16.3 Å². The van der Waals surface area contributed by atoms with Crippen molar-refractivity contribution in [3.63, 3.8) is 0 Å². The molecule has 21 heavy (non-hydrogen) atoms. The summed E-state index contributed by atoms with van der Waals surface area (Å²) in [5.41, 5.74) is 1.39. The first-order valence-electron chi connectivity index (χ1n) is 7.02. The van der Waals surface area contributed by atoms with E-state index in [0.717, 1.165) is 31.7 Å². The lowest BCUT2D eigenvalue weighted by Gasteiger charge is -2.08. The number of aromatic nitrogens is 2. The molecule has 1 N–H and O–H groups in total. The molecule has 4 nitrogen and oxygen atoms in total. The maximum absolute atomic E-state index is 13.6. The fourth-order valence-electron chi connectivity index (χ4n) is 2.43. The summed E-state index contributed by atoms with van der Waals surface area (Å²) in [7, 11) is 0. The second kappa shape index (κ2) is 6.45. The van der Waals surface area contributed by atoms with Gasteiger partial charge in [-0.25, -0.2) is 4.39 Å². The van der Waals surface area contributed by atoms with Gasteiger partial charge in [-0.05, 0) is 31.0 Å². The van der Waals surface area contributed by atoms with Crippen LogP contribution in [-0.4, -0.2) is 22.5 Å². The van der Waals surface area contributed by atoms with Crippen LogP contribution in [0.25, 0.3) is 0 Å². The predicted octanol–water partition coefficient (Wildman–Crippen LogP) is 3.47. The fourth-order valence-corrected chi connectivity index (χ4v) is 2.62. The standard InChI is InChI=1S/C15H17ClFN3O/c16-12-3-4-15(17)11(6-12)7-18-13-8-19-20(9-13)10-14-2-1-5-21-14/h3-4,6,8-9,14,18H,1-2,5,7,10H2/t14-/m0/s1. The van der Waals surface area contributed by atoms with Crippen LogP contribution in [0.15, 0.2) is 30.6 Å². The van der Waals surface area contributed by atoms with Crippen molar-refractivity contribution < 1.29 is 9.13 Å². The van der Waals surface area contributed by atoms with Gasteiger partial charge in [-0.15, -0.1) is 0 Å². The predicted molar refractivity (Wildman–Crippen MR) is 79.9 cm³/mol. The summed E-state index contributed by atoms with van der Waals surface area (Å²) in [4.78, 5) is 0. The SMILES string of the molecule is Fc1ccc(Cl)cc1CNc1cnn(C[C@@H]2CCCO2)c1. The van der Waals surface area contributed by atoms with Gasteiger partial charge in [-0.1, -0.05) is 11.6 Å². The summed E-state index contributed by atoms with van der Waals surface area (Å²) in [5.74, 6) is -0.265. The molecule has 6 heteroatoms. The number of benzene rings is 1. The zero-order valence-electron chi connectivity index (χ0n) is 11.6. The van der Waals surface area contributed by atoms with Gasteiger partial charge in [-0.2, -0.15) is 5.10 Å². The Bertz CT molecular complexity index is 611. The molecule has 0 saturated carbocycles. The Morgan fingerprint density at radius 1 is 1.48 bits per heavy atom. The maximum atomic E-state index is 13.6. The molecule has 1 atom stereocenters. The van der Waals surface area contributed by atoms with Crippen LogP contribution < -0.4 is 5.32 Å². The molecule has 3 rings (SSSR count). The molecule has 1 aliphatic rings. The van der Waals surface area contributed by atoms with Gasteiger partial charge in [0.2, 0.25) is 0 Å². The van der Waals surface area contributed by atoms with Crippen LogP contribution in [0, 0.1) is 5.82 Å². The first kappa shape index (κ1) is 14.4. The molecular formula is C15H17ClFN3O. The summed E-state index contributed by atoms with van der Waals surface area (Å²) in [6, 6.07) is 4.54. The molecule has 1 aromatic carbocycles. The topological polar surface area (TPSA) is 39.1 Å².